The molecule has 3 aromatic carbocycles. The Labute approximate surface area is 182 Å². The summed E-state index contributed by atoms with van der Waals surface area (Å²) < 4.78 is 33.1. The Morgan fingerprint density at radius 3 is 2.23 bits per heavy atom. The van der Waals surface area contributed by atoms with Crippen LogP contribution in [0.2, 0.25) is 0 Å². The van der Waals surface area contributed by atoms with Gasteiger partial charge in [-0.2, -0.15) is 0 Å². The van der Waals surface area contributed by atoms with Crippen molar-refractivity contribution in [3.8, 4) is 5.75 Å². The van der Waals surface area contributed by atoms with Crippen molar-refractivity contribution >= 4 is 44.4 Å². The van der Waals surface area contributed by atoms with Crippen LogP contribution in [0.25, 0.3) is 0 Å². The average molecular weight is 442 g/mol. The number of anilines is 3. The molecule has 0 aliphatic heterocycles. The number of thiocarbonyl (C=S) groups is 1. The molecule has 156 valence electrons. The molecule has 0 bridgehead atoms. The molecule has 3 aromatic rings. The maximum absolute atomic E-state index is 12.7. The Kier molecular flexibility index (Phi) is 6.59. The zero-order valence-electron chi connectivity index (χ0n) is 16.9. The number of hydrogen-bond donors (Lipinski definition) is 3. The SMILES string of the molecule is COc1ccccc1NS(=O)(=O)c1ccc(NC(=S)Nc2cccc(C)c2C)cc1. The fourth-order valence-corrected chi connectivity index (χ4v) is 4.12. The largest absolute Gasteiger partial charge is 0.495 e. The standard InChI is InChI=1S/C22H23N3O3S2/c1-15-7-6-9-19(16(15)2)24-22(29)23-17-11-13-18(14-12-17)30(26,27)25-20-8-4-5-10-21(20)28-3/h4-14,25H,1-3H3,(H2,23,24,29). The molecule has 0 amide bonds. The molecule has 0 aromatic heterocycles. The Morgan fingerprint density at radius 1 is 0.867 bits per heavy atom. The third-order valence-electron chi connectivity index (χ3n) is 4.63. The van der Waals surface area contributed by atoms with E-state index < -0.39 is 10.0 Å². The van der Waals surface area contributed by atoms with E-state index in [0.29, 0.717) is 22.2 Å². The van der Waals surface area contributed by atoms with Crippen molar-refractivity contribution in [1.29, 1.82) is 0 Å². The van der Waals surface area contributed by atoms with Crippen LogP contribution in [0.3, 0.4) is 0 Å². The highest BCUT2D eigenvalue weighted by Crippen LogP contribution is 2.26. The van der Waals surface area contributed by atoms with Gasteiger partial charge in [-0.05, 0) is 79.7 Å². The van der Waals surface area contributed by atoms with Crippen LogP contribution in [0, 0.1) is 13.8 Å². The molecule has 30 heavy (non-hydrogen) atoms. The molecule has 0 radical (unpaired) electrons. The first-order valence-electron chi connectivity index (χ1n) is 9.20. The third-order valence-corrected chi connectivity index (χ3v) is 6.21. The highest BCUT2D eigenvalue weighted by Gasteiger charge is 2.16. The predicted octanol–water partition coefficient (Wildman–Crippen LogP) is 4.92. The molecule has 0 unspecified atom stereocenters. The number of benzene rings is 3. The van der Waals surface area contributed by atoms with Gasteiger partial charge in [0.05, 0.1) is 17.7 Å². The number of aryl methyl sites for hydroxylation is 1. The summed E-state index contributed by atoms with van der Waals surface area (Å²) in [5.41, 5.74) is 4.26. The van der Waals surface area contributed by atoms with Crippen LogP contribution in [0.15, 0.2) is 71.6 Å². The Balaban J connectivity index is 1.69. The fraction of sp³-hybridized carbons (Fsp3) is 0.136. The van der Waals surface area contributed by atoms with E-state index in [9.17, 15) is 8.42 Å². The normalized spacial score (nSPS) is 10.9. The van der Waals surface area contributed by atoms with Crippen molar-refractivity contribution in [2.75, 3.05) is 22.5 Å². The summed E-state index contributed by atoms with van der Waals surface area (Å²) >= 11 is 5.37. The fourth-order valence-electron chi connectivity index (χ4n) is 2.82. The number of para-hydroxylation sites is 2. The summed E-state index contributed by atoms with van der Waals surface area (Å²) in [6.07, 6.45) is 0. The minimum Gasteiger partial charge on any atom is -0.495 e. The van der Waals surface area contributed by atoms with Gasteiger partial charge in [0.15, 0.2) is 5.11 Å². The number of sulfonamides is 1. The molecule has 0 aliphatic rings. The van der Waals surface area contributed by atoms with Crippen LogP contribution in [0.5, 0.6) is 5.75 Å². The van der Waals surface area contributed by atoms with E-state index >= 15 is 0 Å². The van der Waals surface area contributed by atoms with Gasteiger partial charge in [0, 0.05) is 11.4 Å². The van der Waals surface area contributed by atoms with Gasteiger partial charge in [-0.15, -0.1) is 0 Å². The van der Waals surface area contributed by atoms with E-state index in [1.165, 1.54) is 24.8 Å². The van der Waals surface area contributed by atoms with Crippen molar-refractivity contribution < 1.29 is 13.2 Å². The Hall–Kier alpha value is -3.10. The second-order valence-electron chi connectivity index (χ2n) is 6.66. The molecule has 0 fully saturated rings. The molecule has 0 saturated heterocycles. The summed E-state index contributed by atoms with van der Waals surface area (Å²) in [7, 11) is -2.27. The lowest BCUT2D eigenvalue weighted by molar-refractivity contribution is 0.417. The number of hydrogen-bond acceptors (Lipinski definition) is 4. The number of nitrogens with one attached hydrogen (secondary N) is 3. The molecule has 8 heteroatoms. The van der Waals surface area contributed by atoms with E-state index in [4.69, 9.17) is 17.0 Å². The average Bonchev–Trinajstić information content (AvgIpc) is 2.72. The van der Waals surface area contributed by atoms with Crippen molar-refractivity contribution in [2.45, 2.75) is 18.7 Å². The maximum atomic E-state index is 12.7. The first-order valence-corrected chi connectivity index (χ1v) is 11.1. The molecule has 0 atom stereocenters. The van der Waals surface area contributed by atoms with Crippen LogP contribution < -0.4 is 20.1 Å². The van der Waals surface area contributed by atoms with Gasteiger partial charge in [0.1, 0.15) is 5.75 Å². The quantitative estimate of drug-likeness (QED) is 0.471. The molecular formula is C22H23N3O3S2. The van der Waals surface area contributed by atoms with E-state index in [-0.39, 0.29) is 4.90 Å². The molecule has 6 nitrogen and oxygen atoms in total. The van der Waals surface area contributed by atoms with Gasteiger partial charge >= 0.3 is 0 Å². The monoisotopic (exact) mass is 441 g/mol. The zero-order valence-corrected chi connectivity index (χ0v) is 18.5. The summed E-state index contributed by atoms with van der Waals surface area (Å²) in [5.74, 6) is 0.447. The maximum Gasteiger partial charge on any atom is 0.262 e. The smallest absolute Gasteiger partial charge is 0.262 e. The molecule has 0 saturated carbocycles. The molecular weight excluding hydrogens is 418 g/mol. The molecule has 3 rings (SSSR count). The lowest BCUT2D eigenvalue weighted by Gasteiger charge is -2.14. The minimum absolute atomic E-state index is 0.132. The van der Waals surface area contributed by atoms with Gasteiger partial charge in [-0.25, -0.2) is 8.42 Å². The molecule has 0 aliphatic carbocycles. The minimum atomic E-state index is -3.76. The lowest BCUT2D eigenvalue weighted by Crippen LogP contribution is -2.20. The van der Waals surface area contributed by atoms with Gasteiger partial charge in [-0.3, -0.25) is 4.72 Å². The van der Waals surface area contributed by atoms with E-state index in [1.54, 1.807) is 36.4 Å². The summed E-state index contributed by atoms with van der Waals surface area (Å²) in [4.78, 5) is 0.132. The Morgan fingerprint density at radius 2 is 1.53 bits per heavy atom. The molecule has 3 N–H and O–H groups in total. The van der Waals surface area contributed by atoms with E-state index in [2.05, 4.69) is 15.4 Å². The van der Waals surface area contributed by atoms with Gasteiger partial charge in [0.25, 0.3) is 10.0 Å². The van der Waals surface area contributed by atoms with Crippen LogP contribution in [-0.4, -0.2) is 20.6 Å². The van der Waals surface area contributed by atoms with Crippen molar-refractivity contribution in [3.05, 3.63) is 77.9 Å². The third kappa shape index (κ3) is 5.08. The number of rotatable bonds is 6. The zero-order chi connectivity index (χ0) is 21.7. The van der Waals surface area contributed by atoms with Crippen LogP contribution >= 0.6 is 12.2 Å². The first-order chi connectivity index (χ1) is 14.3. The summed E-state index contributed by atoms with van der Waals surface area (Å²) in [6, 6.07) is 19.1. The summed E-state index contributed by atoms with van der Waals surface area (Å²) in [6.45, 7) is 4.06. The molecule has 0 spiro atoms. The van der Waals surface area contributed by atoms with Gasteiger partial charge < -0.3 is 15.4 Å². The highest BCUT2D eigenvalue weighted by atomic mass is 32.2. The first kappa shape index (κ1) is 21.6. The van der Waals surface area contributed by atoms with E-state index in [1.807, 2.05) is 32.0 Å². The van der Waals surface area contributed by atoms with Crippen molar-refractivity contribution in [2.24, 2.45) is 0 Å². The van der Waals surface area contributed by atoms with Gasteiger partial charge in [0.2, 0.25) is 0 Å². The number of methoxy groups -OCH3 is 1. The van der Waals surface area contributed by atoms with Crippen molar-refractivity contribution in [3.63, 3.8) is 0 Å². The predicted molar refractivity (Wildman–Crippen MR) is 126 cm³/mol. The lowest BCUT2D eigenvalue weighted by atomic mass is 10.1. The summed E-state index contributed by atoms with van der Waals surface area (Å²) in [5, 5.41) is 6.66. The van der Waals surface area contributed by atoms with E-state index in [0.717, 1.165) is 11.3 Å². The Bertz CT molecular complexity index is 1160. The topological polar surface area (TPSA) is 79.5 Å². The van der Waals surface area contributed by atoms with Crippen molar-refractivity contribution in [1.82, 2.24) is 0 Å². The van der Waals surface area contributed by atoms with Crippen LogP contribution in [0.1, 0.15) is 11.1 Å². The van der Waals surface area contributed by atoms with Gasteiger partial charge in [-0.1, -0.05) is 24.3 Å². The molecule has 0 heterocycles. The number of ether oxygens (including phenoxy) is 1. The van der Waals surface area contributed by atoms with Crippen LogP contribution in [-0.2, 0) is 10.0 Å². The van der Waals surface area contributed by atoms with Crippen LogP contribution in [0.4, 0.5) is 17.1 Å². The second kappa shape index (κ2) is 9.15. The second-order valence-corrected chi connectivity index (χ2v) is 8.75. The highest BCUT2D eigenvalue weighted by molar-refractivity contribution is 7.92.